The summed E-state index contributed by atoms with van der Waals surface area (Å²) in [5, 5.41) is -0.0490. The molecule has 8 nitrogen and oxygen atoms in total. The quantitative estimate of drug-likeness (QED) is 0.448. The first kappa shape index (κ1) is 19.3. The number of hydrogen-bond acceptors (Lipinski definition) is 7. The maximum Gasteiger partial charge on any atom is 0.297 e. The number of carbonyl (C=O) groups is 1. The minimum absolute atomic E-state index is 0.0344. The van der Waals surface area contributed by atoms with E-state index in [1.165, 1.54) is 4.90 Å². The Morgan fingerprint density at radius 2 is 2.00 bits per heavy atom. The summed E-state index contributed by atoms with van der Waals surface area (Å²) in [5.41, 5.74) is 1.43. The molecule has 0 atom stereocenters. The largest absolute Gasteiger partial charge is 0.439 e. The zero-order chi connectivity index (χ0) is 19.8. The van der Waals surface area contributed by atoms with Crippen LogP contribution in [0.15, 0.2) is 47.6 Å². The molecule has 2 aliphatic heterocycles. The van der Waals surface area contributed by atoms with E-state index in [1.54, 1.807) is 13.0 Å². The van der Waals surface area contributed by atoms with Crippen molar-refractivity contribution >= 4 is 39.1 Å². The molecule has 1 saturated heterocycles. The van der Waals surface area contributed by atoms with E-state index in [4.69, 9.17) is 26.2 Å². The minimum atomic E-state index is -4.09. The third-order valence-corrected chi connectivity index (χ3v) is 5.21. The standard InChI is InChI=1S/C17H18N2O6S2/c1-11(10-14-18(2)12-6-3-4-7-13(12)24-14)15-16(20)19(17(26)25-15)8-5-9-27(21,22)23/h3-4,6-7,10H,5,8-9H2,1-2H3,(H,21,22,23)/b14-10+,15-11-. The molecule has 0 aliphatic carbocycles. The summed E-state index contributed by atoms with van der Waals surface area (Å²) < 4.78 is 41.6. The molecule has 2 aliphatic rings. The Morgan fingerprint density at radius 1 is 1.30 bits per heavy atom. The van der Waals surface area contributed by atoms with Gasteiger partial charge in [0, 0.05) is 25.2 Å². The number of anilines is 1. The number of thiocarbonyl (C=S) groups is 1. The molecule has 10 heteroatoms. The molecule has 27 heavy (non-hydrogen) atoms. The normalized spacial score (nSPS) is 20.0. The number of nitrogens with zero attached hydrogens (tertiary/aromatic N) is 2. The smallest absolute Gasteiger partial charge is 0.297 e. The van der Waals surface area contributed by atoms with Gasteiger partial charge in [-0.2, -0.15) is 8.42 Å². The van der Waals surface area contributed by atoms with Crippen LogP contribution in [0.5, 0.6) is 5.75 Å². The lowest BCUT2D eigenvalue weighted by Gasteiger charge is -2.11. The fourth-order valence-electron chi connectivity index (χ4n) is 2.74. The Balaban J connectivity index is 1.76. The summed E-state index contributed by atoms with van der Waals surface area (Å²) in [5.74, 6) is 0.395. The van der Waals surface area contributed by atoms with Crippen molar-refractivity contribution in [1.29, 1.82) is 0 Å². The van der Waals surface area contributed by atoms with Crippen molar-refractivity contribution < 1.29 is 27.2 Å². The highest BCUT2D eigenvalue weighted by molar-refractivity contribution is 7.85. The third kappa shape index (κ3) is 4.12. The Morgan fingerprint density at radius 3 is 2.67 bits per heavy atom. The molecule has 1 aromatic rings. The van der Waals surface area contributed by atoms with Crippen LogP contribution >= 0.6 is 12.2 Å². The molecule has 1 aromatic carbocycles. The van der Waals surface area contributed by atoms with Gasteiger partial charge >= 0.3 is 0 Å². The second kappa shape index (κ2) is 7.29. The number of allylic oxidation sites excluding steroid dienone is 2. The Labute approximate surface area is 162 Å². The Hall–Kier alpha value is -2.43. The Bertz CT molecular complexity index is 967. The fourth-order valence-corrected chi connectivity index (χ4v) is 3.49. The van der Waals surface area contributed by atoms with Crippen molar-refractivity contribution in [2.75, 3.05) is 24.2 Å². The molecular formula is C17H18N2O6S2. The molecule has 1 fully saturated rings. The number of ether oxygens (including phenoxy) is 2. The summed E-state index contributed by atoms with van der Waals surface area (Å²) in [7, 11) is -2.25. The van der Waals surface area contributed by atoms with E-state index in [0.29, 0.717) is 17.2 Å². The zero-order valence-electron chi connectivity index (χ0n) is 14.7. The van der Waals surface area contributed by atoms with Gasteiger partial charge in [-0.25, -0.2) is 0 Å². The van der Waals surface area contributed by atoms with Crippen LogP contribution in [-0.4, -0.2) is 48.3 Å². The van der Waals surface area contributed by atoms with E-state index in [2.05, 4.69) is 0 Å². The van der Waals surface area contributed by atoms with Crippen LogP contribution in [0, 0.1) is 0 Å². The van der Waals surface area contributed by atoms with E-state index in [-0.39, 0.29) is 23.9 Å². The van der Waals surface area contributed by atoms with Crippen LogP contribution in [0.1, 0.15) is 13.3 Å². The van der Waals surface area contributed by atoms with E-state index < -0.39 is 21.8 Å². The number of rotatable bonds is 5. The number of fused-ring (bicyclic) bond motifs is 1. The number of carbonyl (C=O) groups excluding carboxylic acids is 1. The van der Waals surface area contributed by atoms with Gasteiger partial charge in [-0.15, -0.1) is 0 Å². The highest BCUT2D eigenvalue weighted by Crippen LogP contribution is 2.38. The van der Waals surface area contributed by atoms with E-state index in [0.717, 1.165) is 5.69 Å². The molecule has 0 bridgehead atoms. The van der Waals surface area contributed by atoms with Gasteiger partial charge in [0.25, 0.3) is 21.2 Å². The van der Waals surface area contributed by atoms with Crippen LogP contribution in [0.4, 0.5) is 5.69 Å². The lowest BCUT2D eigenvalue weighted by molar-refractivity contribution is -0.123. The predicted octanol–water partition coefficient (Wildman–Crippen LogP) is 2.05. The van der Waals surface area contributed by atoms with Gasteiger partial charge in [0.05, 0.1) is 11.4 Å². The summed E-state index contributed by atoms with van der Waals surface area (Å²) in [4.78, 5) is 15.6. The molecule has 1 amide bonds. The second-order valence-electron chi connectivity index (χ2n) is 6.09. The van der Waals surface area contributed by atoms with Gasteiger partial charge in [-0.05, 0) is 37.7 Å². The predicted molar refractivity (Wildman–Crippen MR) is 103 cm³/mol. The summed E-state index contributed by atoms with van der Waals surface area (Å²) in [6, 6.07) is 7.53. The molecule has 144 valence electrons. The number of amides is 1. The van der Waals surface area contributed by atoms with Crippen molar-refractivity contribution in [2.24, 2.45) is 0 Å². The summed E-state index contributed by atoms with van der Waals surface area (Å²) in [6.45, 7) is 1.73. The van der Waals surface area contributed by atoms with Crippen molar-refractivity contribution in [3.63, 3.8) is 0 Å². The number of hydrogen-bond donors (Lipinski definition) is 1. The highest BCUT2D eigenvalue weighted by atomic mass is 32.2. The van der Waals surface area contributed by atoms with Crippen molar-refractivity contribution in [3.05, 3.63) is 47.6 Å². The van der Waals surface area contributed by atoms with E-state index in [9.17, 15) is 13.2 Å². The zero-order valence-corrected chi connectivity index (χ0v) is 16.3. The number of para-hydroxylation sites is 2. The molecule has 2 heterocycles. The molecule has 3 rings (SSSR count). The molecule has 0 aromatic heterocycles. The highest BCUT2D eigenvalue weighted by Gasteiger charge is 2.35. The minimum Gasteiger partial charge on any atom is -0.439 e. The van der Waals surface area contributed by atoms with Crippen LogP contribution in [0.25, 0.3) is 0 Å². The first-order valence-corrected chi connectivity index (χ1v) is 10.1. The van der Waals surface area contributed by atoms with E-state index in [1.807, 2.05) is 36.2 Å². The van der Waals surface area contributed by atoms with Crippen molar-refractivity contribution in [1.82, 2.24) is 4.90 Å². The van der Waals surface area contributed by atoms with Gasteiger partial charge in [-0.3, -0.25) is 14.2 Å². The SMILES string of the molecule is CC(/C=C1/Oc2ccccc2N1C)=C1/OC(=S)N(CCCS(=O)(=O)O)C1=O. The van der Waals surface area contributed by atoms with Gasteiger partial charge in [0.1, 0.15) is 0 Å². The lowest BCUT2D eigenvalue weighted by Crippen LogP contribution is -2.30. The topological polar surface area (TPSA) is 96.4 Å². The Kier molecular flexibility index (Phi) is 5.22. The first-order valence-electron chi connectivity index (χ1n) is 8.09. The van der Waals surface area contributed by atoms with Crippen LogP contribution in [-0.2, 0) is 19.6 Å². The van der Waals surface area contributed by atoms with Gasteiger partial charge < -0.3 is 14.4 Å². The maximum absolute atomic E-state index is 12.5. The number of benzene rings is 1. The van der Waals surface area contributed by atoms with Crippen molar-refractivity contribution in [3.8, 4) is 5.75 Å². The monoisotopic (exact) mass is 410 g/mol. The van der Waals surface area contributed by atoms with Crippen molar-refractivity contribution in [2.45, 2.75) is 13.3 Å². The second-order valence-corrected chi connectivity index (χ2v) is 8.01. The fraction of sp³-hybridized carbons (Fsp3) is 0.294. The lowest BCUT2D eigenvalue weighted by atomic mass is 10.2. The van der Waals surface area contributed by atoms with Gasteiger partial charge in [-0.1, -0.05) is 12.1 Å². The van der Waals surface area contributed by atoms with Gasteiger partial charge in [0.2, 0.25) is 5.88 Å². The third-order valence-electron chi connectivity index (χ3n) is 4.10. The molecule has 0 spiro atoms. The molecule has 0 radical (unpaired) electrons. The molecule has 1 N–H and O–H groups in total. The molecule has 0 saturated carbocycles. The first-order chi connectivity index (χ1) is 12.7. The van der Waals surface area contributed by atoms with Crippen LogP contribution < -0.4 is 9.64 Å². The summed E-state index contributed by atoms with van der Waals surface area (Å²) in [6.07, 6.45) is 1.72. The van der Waals surface area contributed by atoms with Gasteiger partial charge in [0.15, 0.2) is 11.5 Å². The summed E-state index contributed by atoms with van der Waals surface area (Å²) >= 11 is 5.06. The van der Waals surface area contributed by atoms with E-state index >= 15 is 0 Å². The maximum atomic E-state index is 12.5. The van der Waals surface area contributed by atoms with Crippen LogP contribution in [0.2, 0.25) is 0 Å². The average Bonchev–Trinajstić information content (AvgIpc) is 3.05. The average molecular weight is 410 g/mol. The molecular weight excluding hydrogens is 392 g/mol. The van der Waals surface area contributed by atoms with Crippen LogP contribution in [0.3, 0.4) is 0 Å². The molecule has 0 unspecified atom stereocenters.